The van der Waals surface area contributed by atoms with Crippen LogP contribution in [0.1, 0.15) is 61.4 Å². The van der Waals surface area contributed by atoms with Gasteiger partial charge in [0.25, 0.3) is 11.8 Å². The third-order valence-electron chi connectivity index (χ3n) is 7.37. The molecule has 1 aliphatic carbocycles. The van der Waals surface area contributed by atoms with Crippen molar-refractivity contribution in [2.24, 2.45) is 5.92 Å². The molecule has 5 amide bonds. The third kappa shape index (κ3) is 4.10. The number of nitrogens with zero attached hydrogens (tertiary/aromatic N) is 2. The van der Waals surface area contributed by atoms with Crippen LogP contribution in [0, 0.1) is 12.8 Å². The number of rotatable bonds is 4. The van der Waals surface area contributed by atoms with Gasteiger partial charge in [-0.05, 0) is 50.2 Å². The predicted molar refractivity (Wildman–Crippen MR) is 119 cm³/mol. The van der Waals surface area contributed by atoms with E-state index in [1.165, 1.54) is 0 Å². The number of carbonyl (C=O) groups is 4. The zero-order valence-electron chi connectivity index (χ0n) is 18.9. The van der Waals surface area contributed by atoms with Crippen LogP contribution < -0.4 is 10.6 Å². The van der Waals surface area contributed by atoms with E-state index in [1.807, 2.05) is 32.0 Å². The molecule has 2 atom stereocenters. The van der Waals surface area contributed by atoms with E-state index in [4.69, 9.17) is 0 Å². The van der Waals surface area contributed by atoms with Gasteiger partial charge in [-0.25, -0.2) is 4.79 Å². The maximum Gasteiger partial charge on any atom is 0.325 e. The summed E-state index contributed by atoms with van der Waals surface area (Å²) in [4.78, 5) is 53.8. The van der Waals surface area contributed by atoms with Crippen molar-refractivity contribution in [3.63, 3.8) is 0 Å². The summed E-state index contributed by atoms with van der Waals surface area (Å²) >= 11 is 0. The van der Waals surface area contributed by atoms with Crippen LogP contribution in [0.3, 0.4) is 0 Å². The molecule has 2 heterocycles. The Bertz CT molecular complexity index is 924. The van der Waals surface area contributed by atoms with Crippen molar-refractivity contribution in [1.82, 2.24) is 20.4 Å². The molecule has 1 aromatic carbocycles. The SMILES string of the molecule is Cc1ccccc1C(=O)NC1CCN(C(=O)CN2C(=O)NC3(CCCCC3C)C2=O)CC1. The summed E-state index contributed by atoms with van der Waals surface area (Å²) in [5.41, 5.74) is 0.745. The maximum atomic E-state index is 13.1. The normalized spacial score (nSPS) is 26.4. The summed E-state index contributed by atoms with van der Waals surface area (Å²) in [5.74, 6) is -0.513. The molecular weight excluding hydrogens is 408 g/mol. The fourth-order valence-electron chi connectivity index (χ4n) is 5.24. The standard InChI is InChI=1S/C24H32N4O4/c1-16-7-3-4-9-19(16)21(30)25-18-10-13-27(14-11-18)20(29)15-28-22(31)24(26-23(28)32)12-6-5-8-17(24)2/h3-4,7,9,17-18H,5-6,8,10-15H2,1-2H3,(H,25,30)(H,26,32). The fourth-order valence-corrected chi connectivity index (χ4v) is 5.24. The molecule has 2 aliphatic heterocycles. The molecule has 32 heavy (non-hydrogen) atoms. The van der Waals surface area contributed by atoms with Gasteiger partial charge in [-0.15, -0.1) is 0 Å². The Hall–Kier alpha value is -2.90. The van der Waals surface area contributed by atoms with Gasteiger partial charge in [0, 0.05) is 24.7 Å². The molecule has 0 bridgehead atoms. The smallest absolute Gasteiger partial charge is 0.325 e. The largest absolute Gasteiger partial charge is 0.349 e. The number of hydrogen-bond acceptors (Lipinski definition) is 4. The molecule has 2 N–H and O–H groups in total. The Labute approximate surface area is 188 Å². The fraction of sp³-hybridized carbons (Fsp3) is 0.583. The molecular formula is C24H32N4O4. The Morgan fingerprint density at radius 2 is 1.84 bits per heavy atom. The third-order valence-corrected chi connectivity index (χ3v) is 7.37. The molecule has 3 aliphatic rings. The van der Waals surface area contributed by atoms with Gasteiger partial charge in [0.1, 0.15) is 12.1 Å². The van der Waals surface area contributed by atoms with E-state index in [0.29, 0.717) is 37.9 Å². The molecule has 1 aromatic rings. The Kier molecular flexibility index (Phi) is 6.22. The van der Waals surface area contributed by atoms with Gasteiger partial charge in [0.15, 0.2) is 0 Å². The number of carbonyl (C=O) groups excluding carboxylic acids is 4. The number of imide groups is 1. The first-order valence-corrected chi connectivity index (χ1v) is 11.6. The minimum atomic E-state index is -0.845. The van der Waals surface area contributed by atoms with Crippen LogP contribution in [0.5, 0.6) is 0 Å². The van der Waals surface area contributed by atoms with Crippen molar-refractivity contribution in [1.29, 1.82) is 0 Å². The summed E-state index contributed by atoms with van der Waals surface area (Å²) < 4.78 is 0. The van der Waals surface area contributed by atoms with Gasteiger partial charge >= 0.3 is 6.03 Å². The minimum Gasteiger partial charge on any atom is -0.349 e. The highest BCUT2D eigenvalue weighted by molar-refractivity contribution is 6.09. The molecule has 1 spiro atoms. The molecule has 3 fully saturated rings. The summed E-state index contributed by atoms with van der Waals surface area (Å²) in [6, 6.07) is 6.99. The number of piperidine rings is 1. The highest BCUT2D eigenvalue weighted by Gasteiger charge is 2.55. The zero-order valence-corrected chi connectivity index (χ0v) is 18.9. The first kappa shape index (κ1) is 22.3. The highest BCUT2D eigenvalue weighted by atomic mass is 16.2. The van der Waals surface area contributed by atoms with E-state index in [9.17, 15) is 19.2 Å². The van der Waals surface area contributed by atoms with E-state index >= 15 is 0 Å². The average Bonchev–Trinajstić information content (AvgIpc) is 3.01. The first-order chi connectivity index (χ1) is 15.3. The second-order valence-electron chi connectivity index (χ2n) is 9.38. The molecule has 8 heteroatoms. The molecule has 1 saturated carbocycles. The van der Waals surface area contributed by atoms with Gasteiger partial charge in [0.05, 0.1) is 0 Å². The van der Waals surface area contributed by atoms with Gasteiger partial charge < -0.3 is 15.5 Å². The van der Waals surface area contributed by atoms with Crippen molar-refractivity contribution in [2.75, 3.05) is 19.6 Å². The van der Waals surface area contributed by atoms with Crippen LogP contribution in [-0.4, -0.2) is 64.8 Å². The monoisotopic (exact) mass is 440 g/mol. The molecule has 2 unspecified atom stereocenters. The van der Waals surface area contributed by atoms with E-state index in [0.717, 1.165) is 29.7 Å². The van der Waals surface area contributed by atoms with Crippen LogP contribution in [-0.2, 0) is 9.59 Å². The first-order valence-electron chi connectivity index (χ1n) is 11.6. The van der Waals surface area contributed by atoms with Crippen molar-refractivity contribution >= 4 is 23.8 Å². The van der Waals surface area contributed by atoms with Gasteiger partial charge in [-0.3, -0.25) is 19.3 Å². The van der Waals surface area contributed by atoms with Crippen molar-refractivity contribution < 1.29 is 19.2 Å². The van der Waals surface area contributed by atoms with Crippen molar-refractivity contribution in [3.05, 3.63) is 35.4 Å². The molecule has 2 saturated heterocycles. The Balaban J connectivity index is 1.30. The summed E-state index contributed by atoms with van der Waals surface area (Å²) in [7, 11) is 0. The molecule has 4 rings (SSSR count). The van der Waals surface area contributed by atoms with Crippen molar-refractivity contribution in [2.45, 2.75) is 64.0 Å². The topological polar surface area (TPSA) is 98.8 Å². The second-order valence-corrected chi connectivity index (χ2v) is 9.38. The average molecular weight is 441 g/mol. The van der Waals surface area contributed by atoms with Gasteiger partial charge in [-0.2, -0.15) is 0 Å². The van der Waals surface area contributed by atoms with Crippen LogP contribution in [0.15, 0.2) is 24.3 Å². The Morgan fingerprint density at radius 1 is 1.12 bits per heavy atom. The van der Waals surface area contributed by atoms with E-state index in [1.54, 1.807) is 11.0 Å². The number of hydrogen-bond donors (Lipinski definition) is 2. The number of nitrogens with one attached hydrogen (secondary N) is 2. The molecule has 8 nitrogen and oxygen atoms in total. The number of amides is 5. The minimum absolute atomic E-state index is 0.00534. The number of urea groups is 1. The highest BCUT2D eigenvalue weighted by Crippen LogP contribution is 2.38. The number of aryl methyl sites for hydroxylation is 1. The maximum absolute atomic E-state index is 13.1. The zero-order chi connectivity index (χ0) is 22.9. The molecule has 0 aromatic heterocycles. The lowest BCUT2D eigenvalue weighted by Crippen LogP contribution is -2.54. The van der Waals surface area contributed by atoms with Gasteiger partial charge in [0.2, 0.25) is 5.91 Å². The summed E-state index contributed by atoms with van der Waals surface area (Å²) in [6.07, 6.45) is 4.78. The lowest BCUT2D eigenvalue weighted by atomic mass is 9.73. The van der Waals surface area contributed by atoms with E-state index in [-0.39, 0.29) is 36.2 Å². The second kappa shape index (κ2) is 8.92. The predicted octanol–water partition coefficient (Wildman–Crippen LogP) is 2.22. The van der Waals surface area contributed by atoms with Crippen LogP contribution in [0.25, 0.3) is 0 Å². The van der Waals surface area contributed by atoms with Crippen LogP contribution >= 0.6 is 0 Å². The lowest BCUT2D eigenvalue weighted by molar-refractivity contribution is -0.141. The van der Waals surface area contributed by atoms with E-state index in [2.05, 4.69) is 10.6 Å². The Morgan fingerprint density at radius 3 is 2.53 bits per heavy atom. The van der Waals surface area contributed by atoms with Crippen LogP contribution in [0.2, 0.25) is 0 Å². The quantitative estimate of drug-likeness (QED) is 0.702. The number of benzene rings is 1. The molecule has 0 radical (unpaired) electrons. The van der Waals surface area contributed by atoms with E-state index < -0.39 is 11.6 Å². The van der Waals surface area contributed by atoms with Gasteiger partial charge in [-0.1, -0.05) is 38.0 Å². The summed E-state index contributed by atoms with van der Waals surface area (Å²) in [6.45, 7) is 4.66. The van der Waals surface area contributed by atoms with Crippen LogP contribution in [0.4, 0.5) is 4.79 Å². The number of likely N-dealkylation sites (tertiary alicyclic amines) is 1. The lowest BCUT2D eigenvalue weighted by Gasteiger charge is -2.37. The molecule has 172 valence electrons. The van der Waals surface area contributed by atoms with Crippen molar-refractivity contribution in [3.8, 4) is 0 Å². The summed E-state index contributed by atoms with van der Waals surface area (Å²) in [5, 5.41) is 5.96.